The van der Waals surface area contributed by atoms with E-state index in [1.807, 2.05) is 32.4 Å². The molecule has 1 amide bonds. The summed E-state index contributed by atoms with van der Waals surface area (Å²) in [5.74, 6) is -0.0927. The van der Waals surface area contributed by atoms with E-state index in [0.29, 0.717) is 12.0 Å². The molecule has 1 aromatic rings. The Bertz CT molecular complexity index is 399. The summed E-state index contributed by atoms with van der Waals surface area (Å²) in [6.07, 6.45) is 3.09. The summed E-state index contributed by atoms with van der Waals surface area (Å²) in [6.45, 7) is 8.07. The van der Waals surface area contributed by atoms with E-state index in [1.54, 1.807) is 6.20 Å². The third kappa shape index (κ3) is 3.57. The highest BCUT2D eigenvalue weighted by atomic mass is 16.3. The SMILES string of the molecule is Cc1c(C(=O)NC(C)CCCO)cnn1C(C)C. The van der Waals surface area contributed by atoms with Crippen molar-refractivity contribution in [3.63, 3.8) is 0 Å². The van der Waals surface area contributed by atoms with E-state index in [4.69, 9.17) is 5.11 Å². The van der Waals surface area contributed by atoms with Gasteiger partial charge in [-0.2, -0.15) is 5.10 Å². The summed E-state index contributed by atoms with van der Waals surface area (Å²) in [5, 5.41) is 15.9. The summed E-state index contributed by atoms with van der Waals surface area (Å²) >= 11 is 0. The predicted octanol–water partition coefficient (Wildman–Crippen LogP) is 1.66. The molecule has 18 heavy (non-hydrogen) atoms. The number of amides is 1. The monoisotopic (exact) mass is 253 g/mol. The number of nitrogens with zero attached hydrogens (tertiary/aromatic N) is 2. The molecule has 0 bridgehead atoms. The normalized spacial score (nSPS) is 12.8. The number of aromatic nitrogens is 2. The van der Waals surface area contributed by atoms with Crippen molar-refractivity contribution in [2.75, 3.05) is 6.61 Å². The summed E-state index contributed by atoms with van der Waals surface area (Å²) in [7, 11) is 0. The van der Waals surface area contributed by atoms with Gasteiger partial charge in [0, 0.05) is 24.4 Å². The van der Waals surface area contributed by atoms with Crippen LogP contribution < -0.4 is 5.32 Å². The van der Waals surface area contributed by atoms with E-state index in [0.717, 1.165) is 12.1 Å². The minimum Gasteiger partial charge on any atom is -0.396 e. The summed E-state index contributed by atoms with van der Waals surface area (Å²) in [4.78, 5) is 12.0. The number of carbonyl (C=O) groups excluding carboxylic acids is 1. The number of hydrogen-bond donors (Lipinski definition) is 2. The number of aliphatic hydroxyl groups excluding tert-OH is 1. The number of hydrogen-bond acceptors (Lipinski definition) is 3. The highest BCUT2D eigenvalue weighted by molar-refractivity contribution is 5.95. The van der Waals surface area contributed by atoms with Crippen LogP contribution in [-0.2, 0) is 0 Å². The lowest BCUT2D eigenvalue weighted by Crippen LogP contribution is -2.33. The average molecular weight is 253 g/mol. The fraction of sp³-hybridized carbons (Fsp3) is 0.692. The lowest BCUT2D eigenvalue weighted by atomic mass is 10.1. The molecule has 1 unspecified atom stereocenters. The van der Waals surface area contributed by atoms with E-state index in [9.17, 15) is 4.79 Å². The van der Waals surface area contributed by atoms with Gasteiger partial charge in [0.1, 0.15) is 0 Å². The molecule has 1 heterocycles. The molecule has 0 aromatic carbocycles. The predicted molar refractivity (Wildman–Crippen MR) is 70.6 cm³/mol. The molecule has 2 N–H and O–H groups in total. The van der Waals surface area contributed by atoms with Gasteiger partial charge in [0.25, 0.3) is 5.91 Å². The van der Waals surface area contributed by atoms with Gasteiger partial charge < -0.3 is 10.4 Å². The first kappa shape index (κ1) is 14.7. The molecule has 0 aliphatic rings. The lowest BCUT2D eigenvalue weighted by Gasteiger charge is -2.13. The molecule has 1 atom stereocenters. The van der Waals surface area contributed by atoms with E-state index in [2.05, 4.69) is 10.4 Å². The molecule has 102 valence electrons. The van der Waals surface area contributed by atoms with Crippen molar-refractivity contribution >= 4 is 5.91 Å². The molecule has 0 aliphatic carbocycles. The molecular formula is C13H23N3O2. The summed E-state index contributed by atoms with van der Waals surface area (Å²) in [6, 6.07) is 0.310. The van der Waals surface area contributed by atoms with Crippen molar-refractivity contribution in [1.82, 2.24) is 15.1 Å². The Morgan fingerprint density at radius 2 is 2.17 bits per heavy atom. The minimum atomic E-state index is -0.0927. The fourth-order valence-corrected chi connectivity index (χ4v) is 1.94. The fourth-order valence-electron chi connectivity index (χ4n) is 1.94. The van der Waals surface area contributed by atoms with E-state index >= 15 is 0 Å². The Hall–Kier alpha value is -1.36. The Morgan fingerprint density at radius 3 is 2.67 bits per heavy atom. The molecular weight excluding hydrogens is 230 g/mol. The third-order valence-electron chi connectivity index (χ3n) is 2.95. The van der Waals surface area contributed by atoms with Crippen molar-refractivity contribution in [2.24, 2.45) is 0 Å². The van der Waals surface area contributed by atoms with Crippen molar-refractivity contribution < 1.29 is 9.90 Å². The van der Waals surface area contributed by atoms with Gasteiger partial charge in [-0.1, -0.05) is 0 Å². The maximum Gasteiger partial charge on any atom is 0.254 e. The van der Waals surface area contributed by atoms with Crippen molar-refractivity contribution in [1.29, 1.82) is 0 Å². The Kier molecular flexibility index (Phi) is 5.34. The lowest BCUT2D eigenvalue weighted by molar-refractivity contribution is 0.0935. The van der Waals surface area contributed by atoms with Crippen molar-refractivity contribution in [3.05, 3.63) is 17.5 Å². The van der Waals surface area contributed by atoms with Crippen LogP contribution >= 0.6 is 0 Å². The Labute approximate surface area is 108 Å². The molecule has 5 heteroatoms. The molecule has 0 saturated carbocycles. The van der Waals surface area contributed by atoms with E-state index < -0.39 is 0 Å². The topological polar surface area (TPSA) is 67.2 Å². The minimum absolute atomic E-state index is 0.0615. The highest BCUT2D eigenvalue weighted by Gasteiger charge is 2.16. The van der Waals surface area contributed by atoms with Gasteiger partial charge in [-0.05, 0) is 40.5 Å². The maximum atomic E-state index is 12.0. The first-order valence-corrected chi connectivity index (χ1v) is 6.43. The summed E-state index contributed by atoms with van der Waals surface area (Å²) < 4.78 is 1.84. The first-order chi connectivity index (χ1) is 8.47. The number of nitrogens with one attached hydrogen (secondary N) is 1. The van der Waals surface area contributed by atoms with Crippen molar-refractivity contribution in [3.8, 4) is 0 Å². The van der Waals surface area contributed by atoms with Gasteiger partial charge in [-0.3, -0.25) is 9.48 Å². The quantitative estimate of drug-likeness (QED) is 0.810. The second-order valence-electron chi connectivity index (χ2n) is 4.92. The van der Waals surface area contributed by atoms with Crippen LogP contribution in [0, 0.1) is 6.92 Å². The zero-order valence-corrected chi connectivity index (χ0v) is 11.6. The zero-order chi connectivity index (χ0) is 13.7. The van der Waals surface area contributed by atoms with Crippen LogP contribution in [0.15, 0.2) is 6.20 Å². The maximum absolute atomic E-state index is 12.0. The molecule has 0 saturated heterocycles. The number of rotatable bonds is 6. The van der Waals surface area contributed by atoms with Gasteiger partial charge in [0.2, 0.25) is 0 Å². The second kappa shape index (κ2) is 6.54. The number of carbonyl (C=O) groups is 1. The molecule has 1 rings (SSSR count). The Morgan fingerprint density at radius 1 is 1.50 bits per heavy atom. The molecule has 0 fully saturated rings. The highest BCUT2D eigenvalue weighted by Crippen LogP contribution is 2.13. The average Bonchev–Trinajstić information content (AvgIpc) is 2.68. The zero-order valence-electron chi connectivity index (χ0n) is 11.6. The van der Waals surface area contributed by atoms with E-state index in [1.165, 1.54) is 0 Å². The van der Waals surface area contributed by atoms with Crippen molar-refractivity contribution in [2.45, 2.75) is 52.6 Å². The second-order valence-corrected chi connectivity index (χ2v) is 4.92. The van der Waals surface area contributed by atoms with Crippen LogP contribution in [0.1, 0.15) is 55.7 Å². The van der Waals surface area contributed by atoms with Crippen LogP contribution in [-0.4, -0.2) is 33.4 Å². The van der Waals surface area contributed by atoms with Gasteiger partial charge in [0.15, 0.2) is 0 Å². The van der Waals surface area contributed by atoms with Gasteiger partial charge in [-0.15, -0.1) is 0 Å². The molecule has 0 aliphatic heterocycles. The van der Waals surface area contributed by atoms with Crippen LogP contribution in [0.2, 0.25) is 0 Å². The third-order valence-corrected chi connectivity index (χ3v) is 2.95. The van der Waals surface area contributed by atoms with Crippen LogP contribution in [0.25, 0.3) is 0 Å². The smallest absolute Gasteiger partial charge is 0.254 e. The number of aliphatic hydroxyl groups is 1. The van der Waals surface area contributed by atoms with Crippen LogP contribution in [0.3, 0.4) is 0 Å². The van der Waals surface area contributed by atoms with Gasteiger partial charge in [0.05, 0.1) is 11.8 Å². The molecule has 0 spiro atoms. The molecule has 5 nitrogen and oxygen atoms in total. The van der Waals surface area contributed by atoms with Crippen LogP contribution in [0.4, 0.5) is 0 Å². The van der Waals surface area contributed by atoms with Gasteiger partial charge >= 0.3 is 0 Å². The van der Waals surface area contributed by atoms with Crippen LogP contribution in [0.5, 0.6) is 0 Å². The van der Waals surface area contributed by atoms with E-state index in [-0.39, 0.29) is 24.6 Å². The standard InChI is InChI=1S/C13H23N3O2/c1-9(2)16-11(4)12(8-14-16)13(18)15-10(3)6-5-7-17/h8-10,17H,5-7H2,1-4H3,(H,15,18). The summed E-state index contributed by atoms with van der Waals surface area (Å²) in [5.41, 5.74) is 1.51. The Balaban J connectivity index is 2.67. The molecule has 1 aromatic heterocycles. The molecule has 0 radical (unpaired) electrons. The van der Waals surface area contributed by atoms with Gasteiger partial charge in [-0.25, -0.2) is 0 Å². The first-order valence-electron chi connectivity index (χ1n) is 6.43. The largest absolute Gasteiger partial charge is 0.396 e.